The average Bonchev–Trinajstić information content (AvgIpc) is 3.33. The van der Waals surface area contributed by atoms with E-state index < -0.39 is 0 Å². The first-order chi connectivity index (χ1) is 19.0. The van der Waals surface area contributed by atoms with Gasteiger partial charge < -0.3 is 20.3 Å². The standard InChI is InChI=1S/C28H32N8O3/c1-3-36-26-24-21(29-15-30-26)10-17(11-22(24)32-28(36)38)12-34-6-8-35(9-7-34)23-5-4-20(31-16(23)2)27(37)33-25-18-13-39-14-19(18)25/h4-5,10-11,15,18-19,25H,3,6-9,12-14H2,1-2H3,(H,29,30)(H,33,37)/t18-,19+,25?. The Morgan fingerprint density at radius 3 is 2.67 bits per heavy atom. The zero-order valence-electron chi connectivity index (χ0n) is 22.2. The van der Waals surface area contributed by atoms with Crippen LogP contribution >= 0.6 is 0 Å². The minimum Gasteiger partial charge on any atom is -0.381 e. The van der Waals surface area contributed by atoms with Crippen molar-refractivity contribution in [3.8, 4) is 0 Å². The number of hydrogen-bond donors (Lipinski definition) is 2. The lowest BCUT2D eigenvalue weighted by Gasteiger charge is -2.36. The Morgan fingerprint density at radius 2 is 1.92 bits per heavy atom. The highest BCUT2D eigenvalue weighted by molar-refractivity contribution is 6.06. The first kappa shape index (κ1) is 24.2. The van der Waals surface area contributed by atoms with Crippen LogP contribution in [0, 0.1) is 18.8 Å². The molecule has 3 fully saturated rings. The third-order valence-electron chi connectivity index (χ3n) is 8.49. The molecule has 0 bridgehead atoms. The van der Waals surface area contributed by atoms with Crippen LogP contribution in [0.5, 0.6) is 0 Å². The number of ether oxygens (including phenoxy) is 1. The quantitative estimate of drug-likeness (QED) is 0.498. The number of nitrogens with one attached hydrogen (secondary N) is 2. The number of hydrogen-bond acceptors (Lipinski definition) is 9. The van der Waals surface area contributed by atoms with Gasteiger partial charge in [-0.25, -0.2) is 14.8 Å². The van der Waals surface area contributed by atoms with E-state index in [1.54, 1.807) is 10.9 Å². The molecule has 3 aromatic rings. The van der Waals surface area contributed by atoms with E-state index in [2.05, 4.69) is 41.5 Å². The van der Waals surface area contributed by atoms with Gasteiger partial charge in [-0.05, 0) is 43.7 Å². The van der Waals surface area contributed by atoms with Gasteiger partial charge in [0.1, 0.15) is 11.5 Å². The van der Waals surface area contributed by atoms with Crippen LogP contribution in [0.4, 0.5) is 17.2 Å². The minimum absolute atomic E-state index is 0.0979. The molecule has 1 aliphatic carbocycles. The number of amides is 1. The Balaban J connectivity index is 1.01. The maximum Gasteiger partial charge on any atom is 0.349 e. The van der Waals surface area contributed by atoms with Crippen molar-refractivity contribution in [2.24, 2.45) is 16.8 Å². The van der Waals surface area contributed by atoms with Crippen molar-refractivity contribution < 1.29 is 9.53 Å². The number of carbonyl (C=O) groups is 1. The molecule has 1 aromatic carbocycles. The summed E-state index contributed by atoms with van der Waals surface area (Å²) in [6, 6.07) is 8.24. The van der Waals surface area contributed by atoms with Gasteiger partial charge in [-0.3, -0.25) is 14.3 Å². The van der Waals surface area contributed by atoms with E-state index >= 15 is 0 Å². The van der Waals surface area contributed by atoms with E-state index in [4.69, 9.17) is 4.74 Å². The van der Waals surface area contributed by atoms with Crippen LogP contribution in [0.15, 0.2) is 34.1 Å². The number of fused-ring (bicyclic) bond motifs is 1. The predicted molar refractivity (Wildman–Crippen MR) is 149 cm³/mol. The summed E-state index contributed by atoms with van der Waals surface area (Å²) < 4.78 is 7.02. The number of rotatable bonds is 6. The molecule has 0 radical (unpaired) electrons. The predicted octanol–water partition coefficient (Wildman–Crippen LogP) is 1.90. The maximum absolute atomic E-state index is 12.7. The number of anilines is 2. The monoisotopic (exact) mass is 528 g/mol. The molecule has 5 heterocycles. The van der Waals surface area contributed by atoms with Crippen molar-refractivity contribution >= 4 is 40.3 Å². The number of aromatic nitrogens is 3. The third-order valence-corrected chi connectivity index (χ3v) is 8.49. The zero-order valence-corrected chi connectivity index (χ0v) is 22.2. The number of benzene rings is 1. The molecule has 1 amide bonds. The second kappa shape index (κ2) is 9.42. The summed E-state index contributed by atoms with van der Waals surface area (Å²) in [5.41, 5.74) is 4.88. The van der Waals surface area contributed by atoms with E-state index in [1.807, 2.05) is 32.0 Å². The Labute approximate surface area is 225 Å². The molecule has 2 N–H and O–H groups in total. The van der Waals surface area contributed by atoms with E-state index in [9.17, 15) is 9.59 Å². The molecule has 202 valence electrons. The van der Waals surface area contributed by atoms with Crippen molar-refractivity contribution in [3.05, 3.63) is 51.7 Å². The molecule has 7 rings (SSSR count). The highest BCUT2D eigenvalue weighted by Gasteiger charge is 2.54. The molecule has 2 saturated heterocycles. The van der Waals surface area contributed by atoms with Crippen LogP contribution in [0.1, 0.15) is 28.7 Å². The smallest absolute Gasteiger partial charge is 0.349 e. The van der Waals surface area contributed by atoms with Crippen LogP contribution in [0.25, 0.3) is 10.9 Å². The summed E-state index contributed by atoms with van der Waals surface area (Å²) in [6.07, 6.45) is 1.64. The van der Waals surface area contributed by atoms with Crippen molar-refractivity contribution in [1.82, 2.24) is 24.8 Å². The van der Waals surface area contributed by atoms with Crippen molar-refractivity contribution in [2.75, 3.05) is 49.6 Å². The van der Waals surface area contributed by atoms with Gasteiger partial charge in [0.15, 0.2) is 0 Å². The molecule has 2 aromatic heterocycles. The van der Waals surface area contributed by atoms with E-state index in [0.717, 1.165) is 74.0 Å². The minimum atomic E-state index is -0.270. The molecular formula is C28H32N8O3. The van der Waals surface area contributed by atoms with Gasteiger partial charge in [-0.1, -0.05) is 0 Å². The number of aryl methyl sites for hydroxylation is 1. The van der Waals surface area contributed by atoms with Crippen LogP contribution < -0.4 is 21.2 Å². The van der Waals surface area contributed by atoms with Gasteiger partial charge in [-0.15, -0.1) is 0 Å². The first-order valence-electron chi connectivity index (χ1n) is 13.7. The topological polar surface area (TPSA) is 117 Å². The van der Waals surface area contributed by atoms with E-state index in [-0.39, 0.29) is 17.6 Å². The fourth-order valence-corrected chi connectivity index (χ4v) is 6.28. The van der Waals surface area contributed by atoms with Crippen LogP contribution in [0.2, 0.25) is 0 Å². The molecular weight excluding hydrogens is 496 g/mol. The Hall–Kier alpha value is -3.83. The van der Waals surface area contributed by atoms with Gasteiger partial charge in [-0.2, -0.15) is 4.98 Å². The molecule has 39 heavy (non-hydrogen) atoms. The summed E-state index contributed by atoms with van der Waals surface area (Å²) in [5, 5.41) is 7.25. The lowest BCUT2D eigenvalue weighted by atomic mass is 10.1. The molecule has 3 atom stereocenters. The summed E-state index contributed by atoms with van der Waals surface area (Å²) >= 11 is 0. The SMILES string of the molecule is CCn1c2c3c(cc(CN4CCN(c5ccc(C(=O)NC6[C@H]7COC[C@@H]67)nc5C)CC4)cc3nc1=O)NC=N2. The van der Waals surface area contributed by atoms with Gasteiger partial charge >= 0.3 is 5.69 Å². The molecule has 3 aliphatic heterocycles. The van der Waals surface area contributed by atoms with Crippen molar-refractivity contribution in [2.45, 2.75) is 33.0 Å². The normalized spacial score (nSPS) is 23.5. The van der Waals surface area contributed by atoms with Crippen LogP contribution in [-0.4, -0.2) is 77.1 Å². The average molecular weight is 529 g/mol. The summed E-state index contributed by atoms with van der Waals surface area (Å²) in [6.45, 7) is 10.2. The van der Waals surface area contributed by atoms with Gasteiger partial charge in [0, 0.05) is 57.1 Å². The number of carbonyl (C=O) groups excluding carboxylic acids is 1. The molecule has 4 aliphatic rings. The highest BCUT2D eigenvalue weighted by Crippen LogP contribution is 2.44. The summed E-state index contributed by atoms with van der Waals surface area (Å²) in [5.74, 6) is 1.51. The number of pyridine rings is 1. The lowest BCUT2D eigenvalue weighted by Crippen LogP contribution is -2.46. The lowest BCUT2D eigenvalue weighted by molar-refractivity contribution is 0.0924. The van der Waals surface area contributed by atoms with Gasteiger partial charge in [0.05, 0.1) is 47.5 Å². The fourth-order valence-electron chi connectivity index (χ4n) is 6.28. The Bertz CT molecular complexity index is 1550. The number of piperazine rings is 1. The summed E-state index contributed by atoms with van der Waals surface area (Å²) in [4.78, 5) is 43.4. The highest BCUT2D eigenvalue weighted by atomic mass is 16.5. The Kier molecular flexibility index (Phi) is 5.85. The largest absolute Gasteiger partial charge is 0.381 e. The van der Waals surface area contributed by atoms with Crippen LogP contribution in [0.3, 0.4) is 0 Å². The molecule has 11 nitrogen and oxygen atoms in total. The van der Waals surface area contributed by atoms with E-state index in [1.165, 1.54) is 0 Å². The maximum atomic E-state index is 12.7. The fraction of sp³-hybridized carbons (Fsp3) is 0.464. The van der Waals surface area contributed by atoms with Gasteiger partial charge in [0.2, 0.25) is 0 Å². The first-order valence-corrected chi connectivity index (χ1v) is 13.7. The third kappa shape index (κ3) is 4.25. The number of nitrogens with zero attached hydrogens (tertiary/aromatic N) is 6. The molecule has 1 unspecified atom stereocenters. The molecule has 11 heteroatoms. The molecule has 0 spiro atoms. The van der Waals surface area contributed by atoms with Crippen molar-refractivity contribution in [3.63, 3.8) is 0 Å². The number of aliphatic imine (C=N–C) groups is 1. The van der Waals surface area contributed by atoms with Gasteiger partial charge in [0.25, 0.3) is 5.91 Å². The second-order valence-corrected chi connectivity index (χ2v) is 10.8. The zero-order chi connectivity index (χ0) is 26.7. The van der Waals surface area contributed by atoms with Crippen LogP contribution in [-0.2, 0) is 17.8 Å². The Morgan fingerprint density at radius 1 is 1.13 bits per heavy atom. The van der Waals surface area contributed by atoms with Crippen molar-refractivity contribution in [1.29, 1.82) is 0 Å². The second-order valence-electron chi connectivity index (χ2n) is 10.8. The van der Waals surface area contributed by atoms with E-state index in [0.29, 0.717) is 35.4 Å². The summed E-state index contributed by atoms with van der Waals surface area (Å²) in [7, 11) is 0. The molecule has 1 saturated carbocycles.